The normalized spacial score (nSPS) is 11.0. The zero-order chi connectivity index (χ0) is 10.7. The molecule has 80 valence electrons. The fourth-order valence-corrected chi connectivity index (χ4v) is 1.38. The predicted octanol–water partition coefficient (Wildman–Crippen LogP) is -0.369. The van der Waals surface area contributed by atoms with E-state index in [9.17, 15) is 4.79 Å². The summed E-state index contributed by atoms with van der Waals surface area (Å²) in [5, 5.41) is 3.06. The molecule has 0 unspecified atom stereocenters. The van der Waals surface area contributed by atoms with E-state index in [1.54, 1.807) is 0 Å². The van der Waals surface area contributed by atoms with Crippen molar-refractivity contribution < 1.29 is 4.42 Å². The molecule has 1 aromatic carbocycles. The van der Waals surface area contributed by atoms with Crippen LogP contribution in [0.25, 0.3) is 11.1 Å². The van der Waals surface area contributed by atoms with E-state index in [1.807, 2.05) is 18.2 Å². The first-order valence-corrected chi connectivity index (χ1v) is 4.55. The van der Waals surface area contributed by atoms with Gasteiger partial charge in [-0.3, -0.25) is 16.1 Å². The molecule has 1 aromatic heterocycles. The molecule has 0 amide bonds. The Morgan fingerprint density at radius 3 is 3.13 bits per heavy atom. The van der Waals surface area contributed by atoms with E-state index in [4.69, 9.17) is 10.3 Å². The minimum atomic E-state index is -0.432. The van der Waals surface area contributed by atoms with Crippen LogP contribution in [0.1, 0.15) is 5.56 Å². The number of hydrogen-bond donors (Lipinski definition) is 4. The van der Waals surface area contributed by atoms with Crippen molar-refractivity contribution in [1.82, 2.24) is 15.7 Å². The number of H-pyrrole nitrogens is 1. The second-order valence-electron chi connectivity index (χ2n) is 3.15. The van der Waals surface area contributed by atoms with E-state index in [0.29, 0.717) is 24.3 Å². The molecule has 2 rings (SSSR count). The average molecular weight is 208 g/mol. The lowest BCUT2D eigenvalue weighted by Crippen LogP contribution is -2.33. The number of aromatic amines is 1. The summed E-state index contributed by atoms with van der Waals surface area (Å²) in [6.45, 7) is 1.18. The van der Waals surface area contributed by atoms with Gasteiger partial charge in [-0.05, 0) is 17.7 Å². The van der Waals surface area contributed by atoms with Crippen LogP contribution in [0.4, 0.5) is 0 Å². The highest BCUT2D eigenvalue weighted by Crippen LogP contribution is 2.11. The standard InChI is InChI=1S/C9H12N4O2/c10-12-5-11-4-6-1-2-7-8(3-6)15-9(14)13-7/h1-3,11-12H,4-5,10H2,(H,13,14). The molecule has 0 saturated carbocycles. The Bertz CT molecular complexity index is 502. The number of fused-ring (bicyclic) bond motifs is 1. The van der Waals surface area contributed by atoms with Crippen LogP contribution in [0.3, 0.4) is 0 Å². The maximum Gasteiger partial charge on any atom is 0.417 e. The smallest absolute Gasteiger partial charge is 0.408 e. The predicted molar refractivity (Wildman–Crippen MR) is 55.9 cm³/mol. The quantitative estimate of drug-likeness (QED) is 0.238. The Labute approximate surface area is 85.4 Å². The molecule has 0 fully saturated rings. The summed E-state index contributed by atoms with van der Waals surface area (Å²) in [5.41, 5.74) is 4.80. The largest absolute Gasteiger partial charge is 0.417 e. The summed E-state index contributed by atoms with van der Waals surface area (Å²) in [4.78, 5) is 13.5. The van der Waals surface area contributed by atoms with Gasteiger partial charge in [-0.1, -0.05) is 6.07 Å². The molecule has 6 nitrogen and oxygen atoms in total. The van der Waals surface area contributed by atoms with E-state index in [0.717, 1.165) is 5.56 Å². The zero-order valence-corrected chi connectivity index (χ0v) is 8.04. The summed E-state index contributed by atoms with van der Waals surface area (Å²) >= 11 is 0. The third-order valence-corrected chi connectivity index (χ3v) is 2.04. The third kappa shape index (κ3) is 2.24. The number of aromatic nitrogens is 1. The van der Waals surface area contributed by atoms with Crippen molar-refractivity contribution >= 4 is 11.1 Å². The second-order valence-corrected chi connectivity index (χ2v) is 3.15. The Morgan fingerprint density at radius 1 is 1.47 bits per heavy atom. The van der Waals surface area contributed by atoms with Crippen LogP contribution in [0.15, 0.2) is 27.4 Å². The first-order chi connectivity index (χ1) is 7.29. The van der Waals surface area contributed by atoms with Crippen LogP contribution >= 0.6 is 0 Å². The second kappa shape index (κ2) is 4.26. The number of benzene rings is 1. The monoisotopic (exact) mass is 208 g/mol. The molecular weight excluding hydrogens is 196 g/mol. The van der Waals surface area contributed by atoms with Gasteiger partial charge in [-0.25, -0.2) is 10.2 Å². The number of hydrogen-bond acceptors (Lipinski definition) is 5. The van der Waals surface area contributed by atoms with Crippen molar-refractivity contribution in [3.63, 3.8) is 0 Å². The van der Waals surface area contributed by atoms with Crippen LogP contribution in [-0.2, 0) is 6.54 Å². The van der Waals surface area contributed by atoms with Crippen LogP contribution in [0, 0.1) is 0 Å². The fourth-order valence-electron chi connectivity index (χ4n) is 1.38. The van der Waals surface area contributed by atoms with Crippen molar-refractivity contribution in [3.8, 4) is 0 Å². The van der Waals surface area contributed by atoms with Gasteiger partial charge in [0.25, 0.3) is 0 Å². The highest BCUT2D eigenvalue weighted by molar-refractivity contribution is 5.72. The lowest BCUT2D eigenvalue weighted by molar-refractivity contribution is 0.554. The highest BCUT2D eigenvalue weighted by Gasteiger charge is 2.01. The molecule has 6 heteroatoms. The van der Waals surface area contributed by atoms with E-state index in [-0.39, 0.29) is 0 Å². The summed E-state index contributed by atoms with van der Waals surface area (Å²) in [6.07, 6.45) is 0. The fraction of sp³-hybridized carbons (Fsp3) is 0.222. The van der Waals surface area contributed by atoms with Gasteiger partial charge in [0, 0.05) is 6.54 Å². The van der Waals surface area contributed by atoms with Crippen LogP contribution in [0.5, 0.6) is 0 Å². The van der Waals surface area contributed by atoms with Gasteiger partial charge < -0.3 is 4.42 Å². The summed E-state index contributed by atoms with van der Waals surface area (Å²) in [6, 6.07) is 5.54. The molecule has 0 saturated heterocycles. The molecule has 5 N–H and O–H groups in total. The first-order valence-electron chi connectivity index (χ1n) is 4.55. The highest BCUT2D eigenvalue weighted by atomic mass is 16.4. The Morgan fingerprint density at radius 2 is 2.33 bits per heavy atom. The van der Waals surface area contributed by atoms with Crippen molar-refractivity contribution in [2.75, 3.05) is 6.67 Å². The molecule has 15 heavy (non-hydrogen) atoms. The Hall–Kier alpha value is -1.63. The lowest BCUT2D eigenvalue weighted by atomic mass is 10.2. The minimum absolute atomic E-state index is 0.432. The van der Waals surface area contributed by atoms with Crippen LogP contribution < -0.4 is 22.3 Å². The van der Waals surface area contributed by atoms with Crippen molar-refractivity contribution in [2.24, 2.45) is 5.84 Å². The Balaban J connectivity index is 2.19. The molecule has 1 heterocycles. The van der Waals surface area contributed by atoms with Gasteiger partial charge >= 0.3 is 5.76 Å². The van der Waals surface area contributed by atoms with Gasteiger partial charge in [-0.2, -0.15) is 0 Å². The summed E-state index contributed by atoms with van der Waals surface area (Å²) < 4.78 is 4.94. The number of oxazole rings is 1. The van der Waals surface area contributed by atoms with Crippen molar-refractivity contribution in [1.29, 1.82) is 0 Å². The van der Waals surface area contributed by atoms with E-state index in [1.165, 1.54) is 0 Å². The maximum atomic E-state index is 10.9. The van der Waals surface area contributed by atoms with Crippen LogP contribution in [0.2, 0.25) is 0 Å². The van der Waals surface area contributed by atoms with E-state index < -0.39 is 5.76 Å². The molecule has 0 aliphatic carbocycles. The van der Waals surface area contributed by atoms with Crippen molar-refractivity contribution in [2.45, 2.75) is 6.54 Å². The molecule has 0 aliphatic heterocycles. The zero-order valence-electron chi connectivity index (χ0n) is 8.04. The minimum Gasteiger partial charge on any atom is -0.408 e. The topological polar surface area (TPSA) is 96.1 Å². The van der Waals surface area contributed by atoms with E-state index in [2.05, 4.69) is 15.7 Å². The molecular formula is C9H12N4O2. The average Bonchev–Trinajstić information content (AvgIpc) is 2.57. The van der Waals surface area contributed by atoms with Gasteiger partial charge in [-0.15, -0.1) is 0 Å². The number of nitrogens with one attached hydrogen (secondary N) is 3. The Kier molecular flexibility index (Phi) is 2.82. The summed E-state index contributed by atoms with van der Waals surface area (Å²) in [7, 11) is 0. The van der Waals surface area contributed by atoms with Crippen LogP contribution in [-0.4, -0.2) is 11.7 Å². The molecule has 0 spiro atoms. The first kappa shape index (κ1) is 9.91. The maximum absolute atomic E-state index is 10.9. The van der Waals surface area contributed by atoms with Crippen molar-refractivity contribution in [3.05, 3.63) is 34.3 Å². The lowest BCUT2D eigenvalue weighted by Gasteiger charge is -2.02. The molecule has 0 atom stereocenters. The van der Waals surface area contributed by atoms with Gasteiger partial charge in [0.05, 0.1) is 12.2 Å². The molecule has 2 aromatic rings. The number of rotatable bonds is 4. The molecule has 0 radical (unpaired) electrons. The van der Waals surface area contributed by atoms with Gasteiger partial charge in [0.15, 0.2) is 5.58 Å². The summed E-state index contributed by atoms with van der Waals surface area (Å²) in [5.74, 6) is 4.68. The van der Waals surface area contributed by atoms with Gasteiger partial charge in [0.2, 0.25) is 0 Å². The number of hydrazine groups is 1. The molecule has 0 aliphatic rings. The van der Waals surface area contributed by atoms with E-state index >= 15 is 0 Å². The SMILES string of the molecule is NNCNCc1ccc2[nH]c(=O)oc2c1. The molecule has 0 bridgehead atoms. The number of nitrogens with two attached hydrogens (primary N) is 1. The third-order valence-electron chi connectivity index (χ3n) is 2.04. The van der Waals surface area contributed by atoms with Gasteiger partial charge in [0.1, 0.15) is 0 Å².